The number of carbonyl (C=O) groups excluding carboxylic acids is 1. The van der Waals surface area contributed by atoms with Gasteiger partial charge in [-0.05, 0) is 48.6 Å². The maximum Gasteiger partial charge on any atom is 0.203 e. The minimum atomic E-state index is -0.216. The van der Waals surface area contributed by atoms with Crippen molar-refractivity contribution in [2.45, 2.75) is 0 Å². The Kier molecular flexibility index (Phi) is 7.66. The first kappa shape index (κ1) is 20.3. The lowest BCUT2D eigenvalue weighted by atomic mass is 10.1. The molecule has 0 aliphatic rings. The van der Waals surface area contributed by atoms with Crippen LogP contribution in [-0.4, -0.2) is 45.8 Å². The summed E-state index contributed by atoms with van der Waals surface area (Å²) in [6, 6.07) is 9.92. The van der Waals surface area contributed by atoms with Gasteiger partial charge in [-0.2, -0.15) is 0 Å². The molecule has 0 saturated carbocycles. The average Bonchev–Trinajstić information content (AvgIpc) is 2.70. The lowest BCUT2D eigenvalue weighted by Gasteiger charge is -2.12. The molecule has 0 atom stereocenters. The molecule has 2 aromatic rings. The van der Waals surface area contributed by atoms with Gasteiger partial charge >= 0.3 is 0 Å². The Morgan fingerprint density at radius 2 is 1.63 bits per heavy atom. The summed E-state index contributed by atoms with van der Waals surface area (Å²) >= 11 is 0. The van der Waals surface area contributed by atoms with E-state index in [-0.39, 0.29) is 30.9 Å². The molecule has 144 valence electrons. The second kappa shape index (κ2) is 10.2. The minimum absolute atomic E-state index is 0.0214. The SMILES string of the molecule is COCOc1ccc(C(=O)/C=C/c2ccc(OCOC)c(OC)c2O)cc1. The highest BCUT2D eigenvalue weighted by atomic mass is 16.7. The third kappa shape index (κ3) is 5.47. The molecular formula is C20H22O7. The van der Waals surface area contributed by atoms with Gasteiger partial charge in [0.25, 0.3) is 0 Å². The van der Waals surface area contributed by atoms with E-state index in [0.717, 1.165) is 0 Å². The van der Waals surface area contributed by atoms with Crippen LogP contribution in [0.15, 0.2) is 42.5 Å². The Balaban J connectivity index is 2.13. The molecular weight excluding hydrogens is 352 g/mol. The molecule has 0 saturated heterocycles. The van der Waals surface area contributed by atoms with E-state index in [9.17, 15) is 9.90 Å². The highest BCUT2D eigenvalue weighted by Gasteiger charge is 2.13. The lowest BCUT2D eigenvalue weighted by molar-refractivity contribution is 0.0489. The van der Waals surface area contributed by atoms with E-state index in [1.54, 1.807) is 36.4 Å². The zero-order valence-electron chi connectivity index (χ0n) is 15.4. The summed E-state index contributed by atoms with van der Waals surface area (Å²) in [6.45, 7) is 0.159. The van der Waals surface area contributed by atoms with Crippen LogP contribution in [0.4, 0.5) is 0 Å². The monoisotopic (exact) mass is 374 g/mol. The fourth-order valence-electron chi connectivity index (χ4n) is 2.24. The van der Waals surface area contributed by atoms with Crippen molar-refractivity contribution in [1.82, 2.24) is 0 Å². The Bertz CT molecular complexity index is 782. The Morgan fingerprint density at radius 1 is 0.963 bits per heavy atom. The van der Waals surface area contributed by atoms with Crippen molar-refractivity contribution in [2.24, 2.45) is 0 Å². The second-order valence-electron chi connectivity index (χ2n) is 5.36. The molecule has 0 unspecified atom stereocenters. The van der Waals surface area contributed by atoms with E-state index in [1.807, 2.05) is 0 Å². The molecule has 0 heterocycles. The van der Waals surface area contributed by atoms with Gasteiger partial charge in [-0.25, -0.2) is 0 Å². The Hall–Kier alpha value is -3.03. The van der Waals surface area contributed by atoms with Gasteiger partial charge in [0.2, 0.25) is 5.75 Å². The van der Waals surface area contributed by atoms with Crippen LogP contribution in [0, 0.1) is 0 Å². The average molecular weight is 374 g/mol. The van der Waals surface area contributed by atoms with Crippen molar-refractivity contribution in [2.75, 3.05) is 34.9 Å². The minimum Gasteiger partial charge on any atom is -0.504 e. The fourth-order valence-corrected chi connectivity index (χ4v) is 2.24. The van der Waals surface area contributed by atoms with E-state index in [1.165, 1.54) is 33.5 Å². The van der Waals surface area contributed by atoms with Gasteiger partial charge in [-0.15, -0.1) is 0 Å². The van der Waals surface area contributed by atoms with Gasteiger partial charge in [-0.3, -0.25) is 4.79 Å². The first-order valence-corrected chi connectivity index (χ1v) is 8.06. The summed E-state index contributed by atoms with van der Waals surface area (Å²) in [5, 5.41) is 10.3. The van der Waals surface area contributed by atoms with Crippen LogP contribution < -0.4 is 14.2 Å². The van der Waals surface area contributed by atoms with Gasteiger partial charge in [-0.1, -0.05) is 0 Å². The number of allylic oxidation sites excluding steroid dienone is 1. The van der Waals surface area contributed by atoms with Gasteiger partial charge in [0.15, 0.2) is 30.9 Å². The largest absolute Gasteiger partial charge is 0.504 e. The number of benzene rings is 2. The van der Waals surface area contributed by atoms with Crippen LogP contribution >= 0.6 is 0 Å². The van der Waals surface area contributed by atoms with Crippen LogP contribution in [0.2, 0.25) is 0 Å². The molecule has 2 rings (SSSR count). The molecule has 0 aliphatic heterocycles. The summed E-state index contributed by atoms with van der Waals surface area (Å²) < 4.78 is 25.4. The molecule has 0 spiro atoms. The molecule has 2 aromatic carbocycles. The number of hydrogen-bond donors (Lipinski definition) is 1. The third-order valence-electron chi connectivity index (χ3n) is 3.56. The van der Waals surface area contributed by atoms with Crippen LogP contribution in [0.3, 0.4) is 0 Å². The van der Waals surface area contributed by atoms with Crippen LogP contribution in [0.5, 0.6) is 23.0 Å². The molecule has 0 fully saturated rings. The number of rotatable bonds is 10. The van der Waals surface area contributed by atoms with E-state index in [0.29, 0.717) is 22.6 Å². The molecule has 27 heavy (non-hydrogen) atoms. The van der Waals surface area contributed by atoms with Crippen molar-refractivity contribution in [3.05, 3.63) is 53.6 Å². The van der Waals surface area contributed by atoms with E-state index in [4.69, 9.17) is 23.7 Å². The van der Waals surface area contributed by atoms with Crippen molar-refractivity contribution in [3.8, 4) is 23.0 Å². The quantitative estimate of drug-likeness (QED) is 0.388. The first-order valence-electron chi connectivity index (χ1n) is 8.06. The topological polar surface area (TPSA) is 83.5 Å². The summed E-state index contributed by atoms with van der Waals surface area (Å²) in [5.74, 6) is 0.768. The molecule has 0 aliphatic carbocycles. The fraction of sp³-hybridized carbons (Fsp3) is 0.250. The molecule has 7 heteroatoms. The van der Waals surface area contributed by atoms with E-state index < -0.39 is 0 Å². The number of phenols is 1. The van der Waals surface area contributed by atoms with Crippen molar-refractivity contribution in [3.63, 3.8) is 0 Å². The van der Waals surface area contributed by atoms with Crippen LogP contribution in [0.25, 0.3) is 6.08 Å². The zero-order valence-corrected chi connectivity index (χ0v) is 15.4. The van der Waals surface area contributed by atoms with Crippen molar-refractivity contribution in [1.29, 1.82) is 0 Å². The normalized spacial score (nSPS) is 10.8. The third-order valence-corrected chi connectivity index (χ3v) is 3.56. The van der Waals surface area contributed by atoms with Crippen molar-refractivity contribution >= 4 is 11.9 Å². The van der Waals surface area contributed by atoms with Crippen molar-refractivity contribution < 1.29 is 33.6 Å². The Morgan fingerprint density at radius 3 is 2.26 bits per heavy atom. The summed E-state index contributed by atoms with van der Waals surface area (Å²) in [7, 11) is 4.44. The van der Waals surface area contributed by atoms with Gasteiger partial charge < -0.3 is 28.8 Å². The summed E-state index contributed by atoms with van der Waals surface area (Å²) in [4.78, 5) is 12.3. The van der Waals surface area contributed by atoms with Crippen LogP contribution in [0.1, 0.15) is 15.9 Å². The number of aromatic hydroxyl groups is 1. The predicted molar refractivity (Wildman–Crippen MR) is 99.5 cm³/mol. The highest BCUT2D eigenvalue weighted by Crippen LogP contribution is 2.39. The van der Waals surface area contributed by atoms with E-state index >= 15 is 0 Å². The molecule has 0 amide bonds. The molecule has 0 bridgehead atoms. The first-order chi connectivity index (χ1) is 13.1. The number of carbonyl (C=O) groups is 1. The van der Waals surface area contributed by atoms with Gasteiger partial charge in [0.05, 0.1) is 7.11 Å². The van der Waals surface area contributed by atoms with Gasteiger partial charge in [0, 0.05) is 25.3 Å². The number of methoxy groups -OCH3 is 3. The molecule has 0 aromatic heterocycles. The molecule has 7 nitrogen and oxygen atoms in total. The zero-order chi connectivity index (χ0) is 19.6. The maximum atomic E-state index is 12.3. The smallest absolute Gasteiger partial charge is 0.203 e. The standard InChI is InChI=1S/C20H22O7/c1-23-12-26-16-8-4-14(5-9-16)17(21)10-6-15-7-11-18(27-13-24-2)20(25-3)19(15)22/h4-11,22H,12-13H2,1-3H3/b10-6+. The number of ketones is 1. The predicted octanol–water partition coefficient (Wildman–Crippen LogP) is 3.26. The molecule has 1 N–H and O–H groups in total. The summed E-state index contributed by atoms with van der Waals surface area (Å²) in [6.07, 6.45) is 2.88. The van der Waals surface area contributed by atoms with Crippen LogP contribution in [-0.2, 0) is 9.47 Å². The van der Waals surface area contributed by atoms with E-state index in [2.05, 4.69) is 0 Å². The number of phenolic OH excluding ortho intramolecular Hbond substituents is 1. The second-order valence-corrected chi connectivity index (χ2v) is 5.36. The Labute approximate surface area is 157 Å². The summed E-state index contributed by atoms with van der Waals surface area (Å²) in [5.41, 5.74) is 0.910. The number of ether oxygens (including phenoxy) is 5. The lowest BCUT2D eigenvalue weighted by Crippen LogP contribution is -2.01. The highest BCUT2D eigenvalue weighted by molar-refractivity contribution is 6.07. The van der Waals surface area contributed by atoms with Gasteiger partial charge in [0.1, 0.15) is 5.75 Å². The molecule has 0 radical (unpaired) electrons. The maximum absolute atomic E-state index is 12.3. The number of hydrogen-bond acceptors (Lipinski definition) is 7.